The summed E-state index contributed by atoms with van der Waals surface area (Å²) in [7, 11) is 1.61. The quantitative estimate of drug-likeness (QED) is 0.481. The van der Waals surface area contributed by atoms with Gasteiger partial charge in [-0.25, -0.2) is 9.98 Å². The molecule has 0 aliphatic rings. The lowest BCUT2D eigenvalue weighted by atomic mass is 10.1. The van der Waals surface area contributed by atoms with Gasteiger partial charge in [0.2, 0.25) is 5.13 Å². The number of nitrogens with zero attached hydrogens (tertiary/aromatic N) is 3. The largest absolute Gasteiger partial charge is 0.506 e. The van der Waals surface area contributed by atoms with Crippen LogP contribution in [0.4, 0.5) is 5.13 Å². The van der Waals surface area contributed by atoms with Crippen LogP contribution < -0.4 is 11.1 Å². The summed E-state index contributed by atoms with van der Waals surface area (Å²) in [5, 5.41) is 18.6. The normalized spacial score (nSPS) is 11.6. The number of hydrogen-bond acceptors (Lipinski definition) is 6. The van der Waals surface area contributed by atoms with Crippen molar-refractivity contribution >= 4 is 33.6 Å². The number of pyridine rings is 1. The molecule has 0 unspecified atom stereocenters. The van der Waals surface area contributed by atoms with Crippen LogP contribution in [0.1, 0.15) is 5.56 Å². The lowest BCUT2D eigenvalue weighted by Gasteiger charge is -2.11. The van der Waals surface area contributed by atoms with Crippen LogP contribution >= 0.6 is 11.3 Å². The third kappa shape index (κ3) is 2.45. The third-order valence-electron chi connectivity index (χ3n) is 4.06. The highest BCUT2D eigenvalue weighted by atomic mass is 32.1. The first-order valence-corrected chi connectivity index (χ1v) is 8.51. The number of benzene rings is 1. The average molecular weight is 367 g/mol. The van der Waals surface area contributed by atoms with Crippen molar-refractivity contribution in [1.82, 2.24) is 19.7 Å². The zero-order valence-electron chi connectivity index (χ0n) is 13.6. The standard InChI is InChI=1S/C17H13N5O3S/c1-22-11-5-3-2-4-9(11)14(23)12(16(22)25)13-10(15(24)21-20-13)8-19-17-18-6-7-26-17/h2-8,23H,1H3,(H2,20,21,24)/b19-8+. The summed E-state index contributed by atoms with van der Waals surface area (Å²) in [6.45, 7) is 0. The number of aromatic nitrogens is 4. The summed E-state index contributed by atoms with van der Waals surface area (Å²) in [4.78, 5) is 33.1. The molecule has 4 rings (SSSR count). The Kier molecular flexibility index (Phi) is 3.77. The molecule has 0 radical (unpaired) electrons. The van der Waals surface area contributed by atoms with Gasteiger partial charge in [0.05, 0.1) is 16.8 Å². The zero-order valence-corrected chi connectivity index (χ0v) is 14.4. The second-order valence-electron chi connectivity index (χ2n) is 5.55. The highest BCUT2D eigenvalue weighted by Crippen LogP contribution is 2.32. The molecule has 0 aliphatic heterocycles. The minimum Gasteiger partial charge on any atom is -0.506 e. The Morgan fingerprint density at radius 3 is 2.85 bits per heavy atom. The number of aromatic hydroxyl groups is 1. The molecular formula is C17H13N5O3S. The van der Waals surface area contributed by atoms with E-state index >= 15 is 0 Å². The van der Waals surface area contributed by atoms with Crippen LogP contribution in [-0.2, 0) is 7.05 Å². The van der Waals surface area contributed by atoms with E-state index < -0.39 is 11.1 Å². The Morgan fingerprint density at radius 2 is 2.08 bits per heavy atom. The van der Waals surface area contributed by atoms with E-state index in [-0.39, 0.29) is 22.6 Å². The highest BCUT2D eigenvalue weighted by molar-refractivity contribution is 7.13. The molecular weight excluding hydrogens is 354 g/mol. The predicted octanol–water partition coefficient (Wildman–Crippen LogP) is 2.13. The van der Waals surface area contributed by atoms with E-state index in [9.17, 15) is 14.7 Å². The summed E-state index contributed by atoms with van der Waals surface area (Å²) in [5.74, 6) is -0.192. The van der Waals surface area contributed by atoms with E-state index in [1.807, 2.05) is 0 Å². The van der Waals surface area contributed by atoms with Crippen LogP contribution in [-0.4, -0.2) is 31.1 Å². The lowest BCUT2D eigenvalue weighted by molar-refractivity contribution is 0.481. The number of rotatable bonds is 3. The van der Waals surface area contributed by atoms with E-state index in [0.717, 1.165) is 0 Å². The van der Waals surface area contributed by atoms with Crippen molar-refractivity contribution in [3.63, 3.8) is 0 Å². The van der Waals surface area contributed by atoms with Gasteiger partial charge >= 0.3 is 0 Å². The molecule has 0 bridgehead atoms. The summed E-state index contributed by atoms with van der Waals surface area (Å²) < 4.78 is 1.43. The number of thiazole rings is 1. The van der Waals surface area contributed by atoms with Crippen molar-refractivity contribution in [2.45, 2.75) is 0 Å². The Labute approximate surface area is 150 Å². The van der Waals surface area contributed by atoms with Crippen molar-refractivity contribution in [3.8, 4) is 17.0 Å². The first-order valence-electron chi connectivity index (χ1n) is 7.63. The van der Waals surface area contributed by atoms with E-state index in [1.54, 1.807) is 42.9 Å². The molecule has 0 atom stereocenters. The third-order valence-corrected chi connectivity index (χ3v) is 4.74. The van der Waals surface area contributed by atoms with Crippen LogP contribution in [0.5, 0.6) is 5.75 Å². The minimum atomic E-state index is -0.449. The topological polar surface area (TPSA) is 116 Å². The van der Waals surface area contributed by atoms with E-state index in [4.69, 9.17) is 0 Å². The number of hydrogen-bond donors (Lipinski definition) is 3. The number of aryl methyl sites for hydroxylation is 1. The molecule has 4 aromatic rings. The lowest BCUT2D eigenvalue weighted by Crippen LogP contribution is -2.20. The van der Waals surface area contributed by atoms with Gasteiger partial charge in [0.15, 0.2) is 0 Å². The molecule has 0 saturated carbocycles. The van der Waals surface area contributed by atoms with Crippen LogP contribution in [0, 0.1) is 0 Å². The van der Waals surface area contributed by atoms with Gasteiger partial charge in [-0.15, -0.1) is 11.3 Å². The van der Waals surface area contributed by atoms with Crippen molar-refractivity contribution in [3.05, 3.63) is 62.1 Å². The molecule has 26 heavy (non-hydrogen) atoms. The van der Waals surface area contributed by atoms with Gasteiger partial charge in [0.25, 0.3) is 11.1 Å². The SMILES string of the molecule is Cn1c(=O)c(-c2[nH][nH]c(=O)c2/C=N/c2nccs2)c(O)c2ccccc21. The Balaban J connectivity index is 1.98. The fourth-order valence-electron chi connectivity index (χ4n) is 2.79. The van der Waals surface area contributed by atoms with E-state index in [0.29, 0.717) is 16.0 Å². The van der Waals surface area contributed by atoms with Gasteiger partial charge in [-0.2, -0.15) is 0 Å². The Morgan fingerprint density at radius 1 is 1.27 bits per heavy atom. The molecule has 8 nitrogen and oxygen atoms in total. The number of aliphatic imine (C=N–C) groups is 1. The van der Waals surface area contributed by atoms with Gasteiger partial charge in [-0.05, 0) is 12.1 Å². The average Bonchev–Trinajstić information content (AvgIpc) is 3.29. The molecule has 3 N–H and O–H groups in total. The van der Waals surface area contributed by atoms with E-state index in [1.165, 1.54) is 22.1 Å². The number of para-hydroxylation sites is 1. The minimum absolute atomic E-state index is 0.00476. The summed E-state index contributed by atoms with van der Waals surface area (Å²) >= 11 is 1.32. The second-order valence-corrected chi connectivity index (χ2v) is 6.42. The summed E-state index contributed by atoms with van der Waals surface area (Å²) in [6, 6.07) is 7.00. The maximum atomic E-state index is 12.8. The molecule has 0 fully saturated rings. The number of nitrogens with one attached hydrogen (secondary N) is 2. The summed E-state index contributed by atoms with van der Waals surface area (Å²) in [5.41, 5.74) is 0.0390. The van der Waals surface area contributed by atoms with Gasteiger partial charge in [-0.1, -0.05) is 12.1 Å². The van der Waals surface area contributed by atoms with Crippen LogP contribution in [0.3, 0.4) is 0 Å². The smallest absolute Gasteiger partial charge is 0.273 e. The van der Waals surface area contributed by atoms with Crippen molar-refractivity contribution < 1.29 is 5.11 Å². The summed E-state index contributed by atoms with van der Waals surface area (Å²) in [6.07, 6.45) is 2.93. The molecule has 3 aromatic heterocycles. The van der Waals surface area contributed by atoms with Crippen molar-refractivity contribution in [2.24, 2.45) is 12.0 Å². The number of H-pyrrole nitrogens is 2. The molecule has 130 valence electrons. The van der Waals surface area contributed by atoms with Gasteiger partial charge < -0.3 is 9.67 Å². The van der Waals surface area contributed by atoms with Crippen LogP contribution in [0.2, 0.25) is 0 Å². The molecule has 0 aliphatic carbocycles. The predicted molar refractivity (Wildman–Crippen MR) is 101 cm³/mol. The monoisotopic (exact) mass is 367 g/mol. The fraction of sp³-hybridized carbons (Fsp3) is 0.0588. The first-order chi connectivity index (χ1) is 12.6. The van der Waals surface area contributed by atoms with E-state index in [2.05, 4.69) is 20.2 Å². The fourth-order valence-corrected chi connectivity index (χ4v) is 3.27. The van der Waals surface area contributed by atoms with Gasteiger partial charge in [-0.3, -0.25) is 19.8 Å². The maximum Gasteiger partial charge on any atom is 0.273 e. The van der Waals surface area contributed by atoms with Crippen molar-refractivity contribution in [2.75, 3.05) is 0 Å². The number of aromatic amines is 2. The molecule has 9 heteroatoms. The molecule has 0 spiro atoms. The van der Waals surface area contributed by atoms with Crippen molar-refractivity contribution in [1.29, 1.82) is 0 Å². The van der Waals surface area contributed by atoms with Crippen LogP contribution in [0.25, 0.3) is 22.2 Å². The maximum absolute atomic E-state index is 12.8. The van der Waals surface area contributed by atoms with Gasteiger partial charge in [0, 0.05) is 30.2 Å². The Bertz CT molecular complexity index is 1250. The molecule has 1 aromatic carbocycles. The molecule has 0 amide bonds. The molecule has 0 saturated heterocycles. The van der Waals surface area contributed by atoms with Gasteiger partial charge in [0.1, 0.15) is 11.3 Å². The zero-order chi connectivity index (χ0) is 18.3. The first kappa shape index (κ1) is 16.0. The molecule has 3 heterocycles. The van der Waals surface area contributed by atoms with Crippen LogP contribution in [0.15, 0.2) is 50.4 Å². The Hall–Kier alpha value is -3.46. The second kappa shape index (κ2) is 6.12. The number of fused-ring (bicyclic) bond motifs is 1. The highest BCUT2D eigenvalue weighted by Gasteiger charge is 2.21.